The number of nitrogens with two attached hydrogens (primary N) is 1. The molecule has 0 aromatic carbocycles. The number of aromatic nitrogens is 4. The Balaban J connectivity index is 1.50. The number of halogens is 1. The number of nitrogens with zero attached hydrogens (tertiary/aromatic N) is 4. The molecule has 1 aliphatic carbocycles. The van der Waals surface area contributed by atoms with Crippen molar-refractivity contribution in [1.29, 1.82) is 0 Å². The minimum absolute atomic E-state index is 0.660. The summed E-state index contributed by atoms with van der Waals surface area (Å²) in [5, 5.41) is 2.36. The summed E-state index contributed by atoms with van der Waals surface area (Å²) in [6.07, 6.45) is 8.28. The first kappa shape index (κ1) is 21.5. The molecule has 3 N–H and O–H groups in total. The van der Waals surface area contributed by atoms with E-state index in [0.29, 0.717) is 22.9 Å². The highest BCUT2D eigenvalue weighted by molar-refractivity contribution is 7.99. The zero-order valence-electron chi connectivity index (χ0n) is 18.3. The molecule has 0 radical (unpaired) electrons. The predicted molar refractivity (Wildman–Crippen MR) is 132 cm³/mol. The van der Waals surface area contributed by atoms with Gasteiger partial charge in [0.15, 0.2) is 5.16 Å². The van der Waals surface area contributed by atoms with Crippen LogP contribution in [-0.4, -0.2) is 39.6 Å². The molecule has 1 saturated heterocycles. The summed E-state index contributed by atoms with van der Waals surface area (Å²) in [4.78, 5) is 21.1. The summed E-state index contributed by atoms with van der Waals surface area (Å²) in [5.41, 5.74) is 9.74. The van der Waals surface area contributed by atoms with E-state index in [1.807, 2.05) is 18.3 Å². The van der Waals surface area contributed by atoms with Gasteiger partial charge in [-0.15, -0.1) is 0 Å². The Morgan fingerprint density at radius 3 is 2.78 bits per heavy atom. The van der Waals surface area contributed by atoms with E-state index in [-0.39, 0.29) is 0 Å². The first-order valence-corrected chi connectivity index (χ1v) is 12.2. The van der Waals surface area contributed by atoms with Crippen molar-refractivity contribution in [3.8, 4) is 0 Å². The van der Waals surface area contributed by atoms with Gasteiger partial charge in [0.2, 0.25) is 0 Å². The van der Waals surface area contributed by atoms with Crippen molar-refractivity contribution >= 4 is 46.3 Å². The Kier molecular flexibility index (Phi) is 5.73. The average molecular weight is 467 g/mol. The number of piperidine rings is 1. The van der Waals surface area contributed by atoms with E-state index in [0.717, 1.165) is 69.8 Å². The number of hydrogen-bond donors (Lipinski definition) is 2. The highest BCUT2D eigenvalue weighted by Crippen LogP contribution is 2.52. The second-order valence-corrected chi connectivity index (χ2v) is 9.95. The van der Waals surface area contributed by atoms with Crippen molar-refractivity contribution in [3.05, 3.63) is 53.0 Å². The molecule has 6 nitrogen and oxygen atoms in total. The molecule has 166 valence electrons. The summed E-state index contributed by atoms with van der Waals surface area (Å²) >= 11 is 8.27. The van der Waals surface area contributed by atoms with Crippen molar-refractivity contribution in [2.24, 2.45) is 23.5 Å². The van der Waals surface area contributed by atoms with Crippen LogP contribution in [-0.2, 0) is 6.42 Å². The molecule has 3 atom stereocenters. The first-order chi connectivity index (χ1) is 15.5. The third-order valence-electron chi connectivity index (χ3n) is 6.61. The van der Waals surface area contributed by atoms with Crippen LogP contribution < -0.4 is 10.6 Å². The SMILES string of the molecule is C=C/C=C\c1ncc(Sc2nc(N3C[C@@H]4C(CN)[C@@H]4C3)c3c(Cl)c(CC)[nH]c3n2)cc1C. The van der Waals surface area contributed by atoms with Gasteiger partial charge in [-0.3, -0.25) is 4.98 Å². The molecular formula is C24H27ClN6S. The number of fused-ring (bicyclic) bond motifs is 2. The van der Waals surface area contributed by atoms with Crippen LogP contribution in [0, 0.1) is 24.7 Å². The van der Waals surface area contributed by atoms with Crippen LogP contribution in [0.3, 0.4) is 0 Å². The Hall–Kier alpha value is -2.35. The zero-order chi connectivity index (χ0) is 22.4. The summed E-state index contributed by atoms with van der Waals surface area (Å²) in [6, 6.07) is 2.11. The van der Waals surface area contributed by atoms with E-state index in [2.05, 4.69) is 41.4 Å². The van der Waals surface area contributed by atoms with Gasteiger partial charge >= 0.3 is 0 Å². The van der Waals surface area contributed by atoms with Gasteiger partial charge in [-0.25, -0.2) is 9.97 Å². The number of pyridine rings is 1. The van der Waals surface area contributed by atoms with Gasteiger partial charge in [-0.1, -0.05) is 37.3 Å². The second kappa shape index (κ2) is 8.54. The van der Waals surface area contributed by atoms with E-state index >= 15 is 0 Å². The van der Waals surface area contributed by atoms with E-state index in [1.165, 1.54) is 11.8 Å². The van der Waals surface area contributed by atoms with Crippen LogP contribution in [0.5, 0.6) is 0 Å². The normalized spacial score (nSPS) is 22.1. The van der Waals surface area contributed by atoms with Gasteiger partial charge in [0, 0.05) is 29.9 Å². The molecule has 1 aliphatic heterocycles. The lowest BCUT2D eigenvalue weighted by atomic mass is 10.2. The maximum Gasteiger partial charge on any atom is 0.196 e. The van der Waals surface area contributed by atoms with E-state index < -0.39 is 0 Å². The minimum atomic E-state index is 0.660. The van der Waals surface area contributed by atoms with Crippen molar-refractivity contribution in [3.63, 3.8) is 0 Å². The molecule has 0 bridgehead atoms. The van der Waals surface area contributed by atoms with Crippen LogP contribution in [0.15, 0.2) is 41.0 Å². The standard InChI is InChI=1S/C24H27ClN6S/c1-4-6-7-19-13(3)8-14(10-27-19)32-24-29-22-20(21(25)18(5-2)28-22)23(30-24)31-11-16-15(9-26)17(16)12-31/h4,6-8,10,15-17H,1,5,9,11-12,26H2,2-3H3,(H,28,29,30)/b7-6-/t15?,16-,17+. The lowest BCUT2D eigenvalue weighted by molar-refractivity contribution is 0.643. The van der Waals surface area contributed by atoms with Gasteiger partial charge in [-0.05, 0) is 67.1 Å². The first-order valence-electron chi connectivity index (χ1n) is 11.0. The molecule has 1 saturated carbocycles. The van der Waals surface area contributed by atoms with Gasteiger partial charge in [0.05, 0.1) is 16.1 Å². The largest absolute Gasteiger partial charge is 0.355 e. The monoisotopic (exact) mass is 466 g/mol. The van der Waals surface area contributed by atoms with Crippen LogP contribution in [0.25, 0.3) is 17.1 Å². The van der Waals surface area contributed by atoms with Crippen LogP contribution in [0.4, 0.5) is 5.82 Å². The fourth-order valence-corrected chi connectivity index (χ4v) is 5.99. The fraction of sp³-hybridized carbons (Fsp3) is 0.375. The molecular weight excluding hydrogens is 440 g/mol. The quantitative estimate of drug-likeness (QED) is 0.382. The number of allylic oxidation sites excluding steroid dienone is 2. The van der Waals surface area contributed by atoms with Crippen molar-refractivity contribution in [2.75, 3.05) is 24.5 Å². The molecule has 0 spiro atoms. The third kappa shape index (κ3) is 3.72. The molecule has 3 aromatic rings. The zero-order valence-corrected chi connectivity index (χ0v) is 19.9. The molecule has 2 aliphatic rings. The van der Waals surface area contributed by atoms with Crippen molar-refractivity contribution < 1.29 is 0 Å². The van der Waals surface area contributed by atoms with Crippen molar-refractivity contribution in [1.82, 2.24) is 19.9 Å². The minimum Gasteiger partial charge on any atom is -0.355 e. The summed E-state index contributed by atoms with van der Waals surface area (Å²) < 4.78 is 0. The molecule has 1 unspecified atom stereocenters. The summed E-state index contributed by atoms with van der Waals surface area (Å²) in [5.74, 6) is 2.93. The average Bonchev–Trinajstić information content (AvgIpc) is 3.09. The molecule has 4 heterocycles. The Morgan fingerprint density at radius 1 is 1.34 bits per heavy atom. The van der Waals surface area contributed by atoms with E-state index in [1.54, 1.807) is 6.08 Å². The molecule has 5 rings (SSSR count). The lowest BCUT2D eigenvalue weighted by Gasteiger charge is -2.22. The van der Waals surface area contributed by atoms with Gasteiger partial charge in [0.25, 0.3) is 0 Å². The van der Waals surface area contributed by atoms with Gasteiger partial charge < -0.3 is 15.6 Å². The Labute approximate surface area is 197 Å². The Morgan fingerprint density at radius 2 is 2.12 bits per heavy atom. The van der Waals surface area contributed by atoms with Gasteiger partial charge in [0.1, 0.15) is 11.5 Å². The van der Waals surface area contributed by atoms with E-state index in [4.69, 9.17) is 27.3 Å². The molecule has 3 aromatic heterocycles. The number of rotatable bonds is 7. The predicted octanol–water partition coefficient (Wildman–Crippen LogP) is 4.87. The number of hydrogen-bond acceptors (Lipinski definition) is 6. The number of anilines is 1. The maximum atomic E-state index is 6.75. The van der Waals surface area contributed by atoms with Crippen LogP contribution in [0.1, 0.15) is 23.9 Å². The van der Waals surface area contributed by atoms with Gasteiger partial charge in [-0.2, -0.15) is 0 Å². The molecule has 2 fully saturated rings. The second-order valence-electron chi connectivity index (χ2n) is 8.53. The number of H-pyrrole nitrogens is 1. The van der Waals surface area contributed by atoms with Crippen LogP contribution in [0.2, 0.25) is 5.02 Å². The highest BCUT2D eigenvalue weighted by Gasteiger charge is 2.55. The molecule has 32 heavy (non-hydrogen) atoms. The number of aromatic amines is 1. The number of nitrogens with one attached hydrogen (secondary N) is 1. The summed E-state index contributed by atoms with van der Waals surface area (Å²) in [7, 11) is 0. The summed E-state index contributed by atoms with van der Waals surface area (Å²) in [6.45, 7) is 10.6. The van der Waals surface area contributed by atoms with Crippen molar-refractivity contribution in [2.45, 2.75) is 30.3 Å². The molecule has 8 heteroatoms. The molecule has 0 amide bonds. The topological polar surface area (TPSA) is 83.7 Å². The fourth-order valence-electron chi connectivity index (χ4n) is 4.81. The lowest BCUT2D eigenvalue weighted by Crippen LogP contribution is -2.27. The Bertz CT molecular complexity index is 1210. The highest BCUT2D eigenvalue weighted by atomic mass is 35.5. The third-order valence-corrected chi connectivity index (χ3v) is 7.85. The van der Waals surface area contributed by atoms with Crippen LogP contribution >= 0.6 is 23.4 Å². The maximum absolute atomic E-state index is 6.75. The smallest absolute Gasteiger partial charge is 0.196 e. The van der Waals surface area contributed by atoms with E-state index in [9.17, 15) is 0 Å². The number of aryl methyl sites for hydroxylation is 2.